The van der Waals surface area contributed by atoms with Crippen LogP contribution in [-0.2, 0) is 4.74 Å². The number of nitrogens with two attached hydrogens (primary N) is 1. The number of nitrogen functional groups attached to an aromatic ring is 1. The Labute approximate surface area is 122 Å². The van der Waals surface area contributed by atoms with Gasteiger partial charge in [-0.15, -0.1) is 0 Å². The van der Waals surface area contributed by atoms with E-state index in [0.717, 1.165) is 10.9 Å². The van der Waals surface area contributed by atoms with Crippen LogP contribution >= 0.6 is 15.9 Å². The summed E-state index contributed by atoms with van der Waals surface area (Å²) in [5.74, 6) is 0.0205. The summed E-state index contributed by atoms with van der Waals surface area (Å²) in [6.45, 7) is 5.38. The number of amides is 1. The lowest BCUT2D eigenvalue weighted by Gasteiger charge is -2.24. The number of carbonyl (C=O) groups is 1. The predicted molar refractivity (Wildman–Crippen MR) is 79.0 cm³/mol. The van der Waals surface area contributed by atoms with Crippen LogP contribution in [0, 0.1) is 5.41 Å². The maximum atomic E-state index is 12.1. The highest BCUT2D eigenvalue weighted by atomic mass is 79.9. The zero-order chi connectivity index (χ0) is 14.5. The summed E-state index contributed by atoms with van der Waals surface area (Å²) in [5, 5.41) is 2.88. The fourth-order valence-electron chi connectivity index (χ4n) is 1.51. The number of aromatic nitrogens is 1. The first-order valence-electron chi connectivity index (χ1n) is 6.04. The number of carbonyl (C=O) groups excluding carboxylic acids is 1. The van der Waals surface area contributed by atoms with E-state index < -0.39 is 0 Å². The van der Waals surface area contributed by atoms with Crippen molar-refractivity contribution in [2.45, 2.75) is 20.3 Å². The van der Waals surface area contributed by atoms with Crippen molar-refractivity contribution in [1.29, 1.82) is 0 Å². The highest BCUT2D eigenvalue weighted by Gasteiger charge is 2.20. The van der Waals surface area contributed by atoms with Gasteiger partial charge in [-0.3, -0.25) is 4.79 Å². The van der Waals surface area contributed by atoms with Crippen molar-refractivity contribution in [3.8, 4) is 0 Å². The Balaban J connectivity index is 2.62. The van der Waals surface area contributed by atoms with E-state index in [2.05, 4.69) is 40.1 Å². The van der Waals surface area contributed by atoms with Crippen LogP contribution in [0.1, 0.15) is 30.6 Å². The lowest BCUT2D eigenvalue weighted by atomic mass is 9.89. The third-order valence-electron chi connectivity index (χ3n) is 2.84. The summed E-state index contributed by atoms with van der Waals surface area (Å²) in [6, 6.07) is 1.67. The standard InChI is InChI=1S/C13H20BrN3O2/c1-13(2,4-5-19-3)8-17-12(18)10-6-9(14)7-16-11(10)15/h6-7H,4-5,8H2,1-3H3,(H2,15,16)(H,17,18). The second kappa shape index (κ2) is 6.86. The summed E-state index contributed by atoms with van der Waals surface area (Å²) in [7, 11) is 1.67. The molecule has 5 nitrogen and oxygen atoms in total. The molecule has 3 N–H and O–H groups in total. The van der Waals surface area contributed by atoms with Gasteiger partial charge in [0.15, 0.2) is 0 Å². The molecular weight excluding hydrogens is 310 g/mol. The van der Waals surface area contributed by atoms with Crippen molar-refractivity contribution in [2.24, 2.45) is 5.41 Å². The number of rotatable bonds is 6. The van der Waals surface area contributed by atoms with Gasteiger partial charge in [0.25, 0.3) is 5.91 Å². The summed E-state index contributed by atoms with van der Waals surface area (Å²) in [5.41, 5.74) is 6.06. The molecule has 1 rings (SSSR count). The summed E-state index contributed by atoms with van der Waals surface area (Å²) < 4.78 is 5.78. The first-order chi connectivity index (χ1) is 8.85. The number of hydrogen-bond acceptors (Lipinski definition) is 4. The van der Waals surface area contributed by atoms with E-state index in [1.807, 2.05) is 0 Å². The van der Waals surface area contributed by atoms with Gasteiger partial charge in [0, 0.05) is 30.9 Å². The molecule has 0 radical (unpaired) electrons. The van der Waals surface area contributed by atoms with Gasteiger partial charge >= 0.3 is 0 Å². The summed E-state index contributed by atoms with van der Waals surface area (Å²) in [6.07, 6.45) is 2.44. The summed E-state index contributed by atoms with van der Waals surface area (Å²) >= 11 is 3.27. The third-order valence-corrected chi connectivity index (χ3v) is 3.27. The molecule has 1 aromatic heterocycles. The van der Waals surface area contributed by atoms with E-state index in [0.29, 0.717) is 18.7 Å². The zero-order valence-corrected chi connectivity index (χ0v) is 13.1. The topological polar surface area (TPSA) is 77.2 Å². The quantitative estimate of drug-likeness (QED) is 0.838. The number of methoxy groups -OCH3 is 1. The van der Waals surface area contributed by atoms with Crippen LogP contribution in [0.2, 0.25) is 0 Å². The average molecular weight is 330 g/mol. The fraction of sp³-hybridized carbons (Fsp3) is 0.538. The van der Waals surface area contributed by atoms with Gasteiger partial charge in [0.05, 0.1) is 5.56 Å². The van der Waals surface area contributed by atoms with Gasteiger partial charge in [-0.05, 0) is 33.8 Å². The predicted octanol–water partition coefficient (Wildman–Crippen LogP) is 2.22. The van der Waals surface area contributed by atoms with Gasteiger partial charge in [0.1, 0.15) is 5.82 Å². The molecule has 0 saturated carbocycles. The molecule has 0 saturated heterocycles. The number of anilines is 1. The Morgan fingerprint density at radius 3 is 2.89 bits per heavy atom. The minimum absolute atomic E-state index is 0.0279. The van der Waals surface area contributed by atoms with Gasteiger partial charge in [-0.1, -0.05) is 13.8 Å². The van der Waals surface area contributed by atoms with Crippen molar-refractivity contribution < 1.29 is 9.53 Å². The maximum Gasteiger partial charge on any atom is 0.255 e. The van der Waals surface area contributed by atoms with Crippen LogP contribution in [0.3, 0.4) is 0 Å². The molecule has 106 valence electrons. The molecule has 0 spiro atoms. The van der Waals surface area contributed by atoms with E-state index >= 15 is 0 Å². The Morgan fingerprint density at radius 2 is 2.26 bits per heavy atom. The Hall–Kier alpha value is -1.14. The van der Waals surface area contributed by atoms with Crippen molar-refractivity contribution in [3.63, 3.8) is 0 Å². The second-order valence-corrected chi connectivity index (χ2v) is 6.09. The van der Waals surface area contributed by atoms with E-state index in [4.69, 9.17) is 10.5 Å². The van der Waals surface area contributed by atoms with Crippen LogP contribution in [-0.4, -0.2) is 31.2 Å². The average Bonchev–Trinajstić information content (AvgIpc) is 2.36. The van der Waals surface area contributed by atoms with Crippen molar-refractivity contribution in [1.82, 2.24) is 10.3 Å². The minimum atomic E-state index is -0.211. The van der Waals surface area contributed by atoms with Crippen LogP contribution in [0.5, 0.6) is 0 Å². The van der Waals surface area contributed by atoms with Gasteiger partial charge in [-0.25, -0.2) is 4.98 Å². The number of pyridine rings is 1. The van der Waals surface area contributed by atoms with Crippen LogP contribution in [0.15, 0.2) is 16.7 Å². The lowest BCUT2D eigenvalue weighted by molar-refractivity contribution is 0.0921. The Kier molecular flexibility index (Phi) is 5.75. The van der Waals surface area contributed by atoms with Gasteiger partial charge in [0.2, 0.25) is 0 Å². The molecule has 6 heteroatoms. The molecule has 19 heavy (non-hydrogen) atoms. The first-order valence-corrected chi connectivity index (χ1v) is 6.83. The number of ether oxygens (including phenoxy) is 1. The molecule has 0 unspecified atom stereocenters. The molecule has 1 amide bonds. The second-order valence-electron chi connectivity index (χ2n) is 5.18. The van der Waals surface area contributed by atoms with E-state index in [1.165, 1.54) is 0 Å². The SMILES string of the molecule is COCCC(C)(C)CNC(=O)c1cc(Br)cnc1N. The normalized spacial score (nSPS) is 11.4. The monoisotopic (exact) mass is 329 g/mol. The van der Waals surface area contributed by atoms with E-state index in [9.17, 15) is 4.79 Å². The van der Waals surface area contributed by atoms with Crippen molar-refractivity contribution in [2.75, 3.05) is 26.0 Å². The van der Waals surface area contributed by atoms with Crippen LogP contribution in [0.4, 0.5) is 5.82 Å². The molecule has 0 aliphatic rings. The first kappa shape index (κ1) is 15.9. The van der Waals surface area contributed by atoms with Crippen LogP contribution < -0.4 is 11.1 Å². The van der Waals surface area contributed by atoms with Gasteiger partial charge < -0.3 is 15.8 Å². The largest absolute Gasteiger partial charge is 0.385 e. The molecule has 1 heterocycles. The molecule has 1 aromatic rings. The van der Waals surface area contributed by atoms with Crippen molar-refractivity contribution in [3.05, 3.63) is 22.3 Å². The highest BCUT2D eigenvalue weighted by molar-refractivity contribution is 9.10. The third kappa shape index (κ3) is 5.16. The lowest BCUT2D eigenvalue weighted by Crippen LogP contribution is -2.35. The smallest absolute Gasteiger partial charge is 0.255 e. The molecule has 0 bridgehead atoms. The molecule has 0 aliphatic heterocycles. The number of halogens is 1. The molecule has 0 fully saturated rings. The minimum Gasteiger partial charge on any atom is -0.385 e. The van der Waals surface area contributed by atoms with Gasteiger partial charge in [-0.2, -0.15) is 0 Å². The molecule has 0 atom stereocenters. The zero-order valence-electron chi connectivity index (χ0n) is 11.5. The van der Waals surface area contributed by atoms with Crippen molar-refractivity contribution >= 4 is 27.7 Å². The summed E-state index contributed by atoms with van der Waals surface area (Å²) in [4.78, 5) is 16.0. The number of nitrogens with zero attached hydrogens (tertiary/aromatic N) is 1. The number of nitrogens with one attached hydrogen (secondary N) is 1. The number of hydrogen-bond donors (Lipinski definition) is 2. The molecule has 0 aliphatic carbocycles. The van der Waals surface area contributed by atoms with E-state index in [-0.39, 0.29) is 17.1 Å². The van der Waals surface area contributed by atoms with Crippen LogP contribution in [0.25, 0.3) is 0 Å². The fourth-order valence-corrected chi connectivity index (χ4v) is 1.84. The molecular formula is C13H20BrN3O2. The maximum absolute atomic E-state index is 12.1. The molecule has 0 aromatic carbocycles. The Bertz CT molecular complexity index is 450. The van der Waals surface area contributed by atoms with E-state index in [1.54, 1.807) is 19.4 Å². The Morgan fingerprint density at radius 1 is 1.58 bits per heavy atom. The highest BCUT2D eigenvalue weighted by Crippen LogP contribution is 2.20.